The molecule has 1 heterocycles. The summed E-state index contributed by atoms with van der Waals surface area (Å²) in [7, 11) is 0. The van der Waals surface area contributed by atoms with Crippen molar-refractivity contribution in [3.8, 4) is 17.2 Å². The summed E-state index contributed by atoms with van der Waals surface area (Å²) in [6, 6.07) is 10.7. The van der Waals surface area contributed by atoms with Gasteiger partial charge in [0.05, 0.1) is 12.6 Å². The van der Waals surface area contributed by atoms with Crippen LogP contribution in [0.2, 0.25) is 0 Å². The molecule has 3 N–H and O–H groups in total. The van der Waals surface area contributed by atoms with Crippen molar-refractivity contribution in [1.29, 1.82) is 0 Å². The Kier molecular flexibility index (Phi) is 4.74. The zero-order valence-electron chi connectivity index (χ0n) is 13.3. The number of phenols is 2. The number of phenolic OH excluding ortho intramolecular Hbond substituents is 2. The molecule has 2 aromatic rings. The molecule has 1 atom stereocenters. The first-order chi connectivity index (χ1) is 12.0. The fraction of sp³-hybridized carbons (Fsp3) is 0.222. The van der Waals surface area contributed by atoms with Gasteiger partial charge in [0, 0.05) is 18.1 Å². The third-order valence-electron chi connectivity index (χ3n) is 3.83. The van der Waals surface area contributed by atoms with E-state index in [0.717, 1.165) is 17.4 Å². The fourth-order valence-corrected chi connectivity index (χ4v) is 2.63. The van der Waals surface area contributed by atoms with E-state index in [9.17, 15) is 19.8 Å². The molecule has 1 aliphatic rings. The van der Waals surface area contributed by atoms with Crippen LogP contribution >= 0.6 is 0 Å². The molecule has 0 aromatic heterocycles. The molecule has 25 heavy (non-hydrogen) atoms. The van der Waals surface area contributed by atoms with Gasteiger partial charge in [-0.25, -0.2) is 4.79 Å². The third kappa shape index (κ3) is 3.82. The lowest BCUT2D eigenvalue weighted by Crippen LogP contribution is -2.35. The molecule has 3 rings (SSSR count). The highest BCUT2D eigenvalue weighted by atomic mass is 16.5. The number of amides is 1. The monoisotopic (exact) mass is 343 g/mol. The first-order valence-corrected chi connectivity index (χ1v) is 7.75. The zero-order chi connectivity index (χ0) is 17.8. The molecule has 0 radical (unpaired) electrons. The first-order valence-electron chi connectivity index (χ1n) is 7.75. The minimum Gasteiger partial charge on any atom is -0.508 e. The van der Waals surface area contributed by atoms with Gasteiger partial charge in [-0.1, -0.05) is 18.2 Å². The van der Waals surface area contributed by atoms with E-state index in [0.29, 0.717) is 13.0 Å². The molecule has 1 unspecified atom stereocenters. The Hall–Kier alpha value is -3.22. The minimum atomic E-state index is -0.847. The van der Waals surface area contributed by atoms with Crippen LogP contribution in [0, 0.1) is 0 Å². The number of ether oxygens (including phenoxy) is 2. The number of carbonyl (C=O) groups is 2. The molecule has 7 heteroatoms. The van der Waals surface area contributed by atoms with E-state index in [1.54, 1.807) is 0 Å². The lowest BCUT2D eigenvalue weighted by molar-refractivity contribution is -0.125. The number of esters is 1. The predicted molar refractivity (Wildman–Crippen MR) is 87.5 cm³/mol. The Morgan fingerprint density at radius 3 is 2.80 bits per heavy atom. The predicted octanol–water partition coefficient (Wildman–Crippen LogP) is 1.89. The van der Waals surface area contributed by atoms with Gasteiger partial charge in [-0.15, -0.1) is 0 Å². The second-order valence-electron chi connectivity index (χ2n) is 5.57. The molecule has 7 nitrogen and oxygen atoms in total. The summed E-state index contributed by atoms with van der Waals surface area (Å²) in [6.07, 6.45) is 0.620. The van der Waals surface area contributed by atoms with Crippen LogP contribution in [0.25, 0.3) is 0 Å². The van der Waals surface area contributed by atoms with Crippen LogP contribution in [0.3, 0.4) is 0 Å². The van der Waals surface area contributed by atoms with E-state index in [1.165, 1.54) is 12.1 Å². The maximum absolute atomic E-state index is 12.1. The van der Waals surface area contributed by atoms with Crippen LogP contribution in [0.4, 0.5) is 0 Å². The Morgan fingerprint density at radius 1 is 1.20 bits per heavy atom. The molecule has 2 aromatic carbocycles. The van der Waals surface area contributed by atoms with Crippen LogP contribution in [-0.2, 0) is 9.53 Å². The van der Waals surface area contributed by atoms with Crippen LogP contribution in [0.1, 0.15) is 28.4 Å². The third-order valence-corrected chi connectivity index (χ3v) is 3.83. The normalized spacial score (nSPS) is 15.6. The van der Waals surface area contributed by atoms with E-state index in [-0.39, 0.29) is 17.4 Å². The minimum absolute atomic E-state index is 0.123. The van der Waals surface area contributed by atoms with Gasteiger partial charge in [0.2, 0.25) is 0 Å². The molecule has 0 saturated heterocycles. The smallest absolute Gasteiger partial charge is 0.342 e. The van der Waals surface area contributed by atoms with E-state index in [2.05, 4.69) is 5.32 Å². The number of carbonyl (C=O) groups excluding carboxylic acids is 2. The van der Waals surface area contributed by atoms with Crippen LogP contribution in [0.15, 0.2) is 42.5 Å². The Bertz CT molecular complexity index is 804. The SMILES string of the molecule is O=C(COC(=O)c1ccc(O)cc1O)NC1CCOc2ccccc21. The highest BCUT2D eigenvalue weighted by Crippen LogP contribution is 2.31. The van der Waals surface area contributed by atoms with Crippen molar-refractivity contribution in [3.05, 3.63) is 53.6 Å². The number of rotatable bonds is 4. The van der Waals surface area contributed by atoms with Gasteiger partial charge < -0.3 is 25.0 Å². The van der Waals surface area contributed by atoms with Crippen molar-refractivity contribution in [1.82, 2.24) is 5.32 Å². The number of aromatic hydroxyl groups is 2. The van der Waals surface area contributed by atoms with Crippen LogP contribution < -0.4 is 10.1 Å². The highest BCUT2D eigenvalue weighted by molar-refractivity contribution is 5.94. The molecule has 130 valence electrons. The van der Waals surface area contributed by atoms with Crippen molar-refractivity contribution < 1.29 is 29.3 Å². The second kappa shape index (κ2) is 7.12. The topological polar surface area (TPSA) is 105 Å². The average Bonchev–Trinajstić information content (AvgIpc) is 2.60. The van der Waals surface area contributed by atoms with E-state index in [4.69, 9.17) is 9.47 Å². The molecule has 1 amide bonds. The van der Waals surface area contributed by atoms with Gasteiger partial charge >= 0.3 is 5.97 Å². The van der Waals surface area contributed by atoms with Gasteiger partial charge in [-0.05, 0) is 18.2 Å². The molecule has 0 fully saturated rings. The summed E-state index contributed by atoms with van der Waals surface area (Å²) in [5.74, 6) is -1.16. The van der Waals surface area contributed by atoms with E-state index < -0.39 is 24.2 Å². The Morgan fingerprint density at radius 2 is 2.00 bits per heavy atom. The van der Waals surface area contributed by atoms with Crippen molar-refractivity contribution in [3.63, 3.8) is 0 Å². The maximum Gasteiger partial charge on any atom is 0.342 e. The van der Waals surface area contributed by atoms with Crippen LogP contribution in [-0.4, -0.2) is 35.3 Å². The van der Waals surface area contributed by atoms with Crippen molar-refractivity contribution in [2.75, 3.05) is 13.2 Å². The second-order valence-corrected chi connectivity index (χ2v) is 5.57. The van der Waals surface area contributed by atoms with Crippen molar-refractivity contribution in [2.24, 2.45) is 0 Å². The summed E-state index contributed by atoms with van der Waals surface area (Å²) in [5, 5.41) is 21.6. The summed E-state index contributed by atoms with van der Waals surface area (Å²) >= 11 is 0. The fourth-order valence-electron chi connectivity index (χ4n) is 2.63. The lowest BCUT2D eigenvalue weighted by atomic mass is 10.0. The molecule has 0 spiro atoms. The maximum atomic E-state index is 12.1. The van der Waals surface area contributed by atoms with E-state index in [1.807, 2.05) is 24.3 Å². The Labute approximate surface area is 143 Å². The average molecular weight is 343 g/mol. The molecule has 0 saturated carbocycles. The van der Waals surface area contributed by atoms with Crippen LogP contribution in [0.5, 0.6) is 17.2 Å². The summed E-state index contributed by atoms with van der Waals surface area (Å²) in [4.78, 5) is 24.0. The van der Waals surface area contributed by atoms with E-state index >= 15 is 0 Å². The highest BCUT2D eigenvalue weighted by Gasteiger charge is 2.23. The standard InChI is InChI=1S/C18H17NO6/c20-11-5-6-13(15(21)9-11)18(23)25-10-17(22)19-14-7-8-24-16-4-2-1-3-12(14)16/h1-6,9,14,20-21H,7-8,10H2,(H,19,22). The lowest BCUT2D eigenvalue weighted by Gasteiger charge is -2.26. The van der Waals surface area contributed by atoms with Crippen molar-refractivity contribution >= 4 is 11.9 Å². The number of para-hydroxylation sites is 1. The molecule has 1 aliphatic heterocycles. The molecular weight excluding hydrogens is 326 g/mol. The van der Waals surface area contributed by atoms with Gasteiger partial charge in [0.15, 0.2) is 6.61 Å². The number of benzene rings is 2. The number of hydrogen-bond donors (Lipinski definition) is 3. The van der Waals surface area contributed by atoms with Crippen molar-refractivity contribution in [2.45, 2.75) is 12.5 Å². The zero-order valence-corrected chi connectivity index (χ0v) is 13.3. The number of fused-ring (bicyclic) bond motifs is 1. The summed E-state index contributed by atoms with van der Waals surface area (Å²) in [5.41, 5.74) is 0.756. The largest absolute Gasteiger partial charge is 0.508 e. The molecular formula is C18H17NO6. The quantitative estimate of drug-likeness (QED) is 0.732. The number of nitrogens with one attached hydrogen (secondary N) is 1. The van der Waals surface area contributed by atoms with Gasteiger partial charge in [-0.3, -0.25) is 4.79 Å². The van der Waals surface area contributed by atoms with Gasteiger partial charge in [0.1, 0.15) is 22.8 Å². The number of hydrogen-bond acceptors (Lipinski definition) is 6. The summed E-state index contributed by atoms with van der Waals surface area (Å²) < 4.78 is 10.4. The molecule has 0 aliphatic carbocycles. The first kappa shape index (κ1) is 16.6. The van der Waals surface area contributed by atoms with Gasteiger partial charge in [-0.2, -0.15) is 0 Å². The summed E-state index contributed by atoms with van der Waals surface area (Å²) in [6.45, 7) is 0.0157. The van der Waals surface area contributed by atoms with Gasteiger partial charge in [0.25, 0.3) is 5.91 Å². The molecule has 0 bridgehead atoms. The Balaban J connectivity index is 1.58.